The Bertz CT molecular complexity index is 329. The van der Waals surface area contributed by atoms with Crippen molar-refractivity contribution >= 4 is 5.97 Å². The highest BCUT2D eigenvalue weighted by Crippen LogP contribution is 2.20. The Morgan fingerprint density at radius 1 is 1.27 bits per heavy atom. The van der Waals surface area contributed by atoms with Crippen LogP contribution in [0.15, 0.2) is 24.3 Å². The van der Waals surface area contributed by atoms with Crippen molar-refractivity contribution in [3.05, 3.63) is 35.4 Å². The van der Waals surface area contributed by atoms with Gasteiger partial charge in [-0.1, -0.05) is 31.2 Å². The van der Waals surface area contributed by atoms with Crippen molar-refractivity contribution in [2.45, 2.75) is 32.3 Å². The number of rotatable bonds is 4. The Balaban J connectivity index is 2.85. The maximum atomic E-state index is 10.7. The van der Waals surface area contributed by atoms with Crippen molar-refractivity contribution < 1.29 is 15.0 Å². The fraction of sp³-hybridized carbons (Fsp3) is 0.417. The predicted octanol–water partition coefficient (Wildman–Crippen LogP) is 2.32. The monoisotopic (exact) mass is 208 g/mol. The standard InChI is InChI=1S/C12H16O3/c1-3-11(13)10-6-4-9(5-7-10)8(2)12(14)15/h4-8,11,13H,3H2,1-2H3,(H,14,15). The average molecular weight is 208 g/mol. The van der Waals surface area contributed by atoms with Gasteiger partial charge in [0.05, 0.1) is 12.0 Å². The number of carbonyl (C=O) groups is 1. The minimum Gasteiger partial charge on any atom is -0.481 e. The van der Waals surface area contributed by atoms with E-state index < -0.39 is 18.0 Å². The first-order valence-corrected chi connectivity index (χ1v) is 5.07. The molecule has 2 unspecified atom stereocenters. The highest BCUT2D eigenvalue weighted by molar-refractivity contribution is 5.75. The molecule has 0 fully saturated rings. The van der Waals surface area contributed by atoms with Gasteiger partial charge in [-0.25, -0.2) is 0 Å². The van der Waals surface area contributed by atoms with Crippen LogP contribution in [0, 0.1) is 0 Å². The topological polar surface area (TPSA) is 57.5 Å². The van der Waals surface area contributed by atoms with Gasteiger partial charge in [0, 0.05) is 0 Å². The lowest BCUT2D eigenvalue weighted by molar-refractivity contribution is -0.138. The molecule has 2 atom stereocenters. The van der Waals surface area contributed by atoms with E-state index in [2.05, 4.69) is 0 Å². The first-order chi connectivity index (χ1) is 7.06. The van der Waals surface area contributed by atoms with E-state index in [0.29, 0.717) is 6.42 Å². The molecular formula is C12H16O3. The summed E-state index contributed by atoms with van der Waals surface area (Å²) in [4.78, 5) is 10.7. The predicted molar refractivity (Wildman–Crippen MR) is 57.7 cm³/mol. The molecule has 1 rings (SSSR count). The summed E-state index contributed by atoms with van der Waals surface area (Å²) in [5.41, 5.74) is 1.59. The number of carboxylic acids is 1. The van der Waals surface area contributed by atoms with Crippen molar-refractivity contribution in [3.63, 3.8) is 0 Å². The quantitative estimate of drug-likeness (QED) is 0.798. The van der Waals surface area contributed by atoms with Crippen LogP contribution in [0.2, 0.25) is 0 Å². The minimum atomic E-state index is -0.834. The Morgan fingerprint density at radius 3 is 2.13 bits per heavy atom. The summed E-state index contributed by atoms with van der Waals surface area (Å²) < 4.78 is 0. The molecule has 1 aromatic carbocycles. The van der Waals surface area contributed by atoms with Gasteiger partial charge in [0.2, 0.25) is 0 Å². The van der Waals surface area contributed by atoms with Gasteiger partial charge in [0.25, 0.3) is 0 Å². The van der Waals surface area contributed by atoms with Crippen LogP contribution in [-0.2, 0) is 4.79 Å². The molecule has 1 aromatic rings. The highest BCUT2D eigenvalue weighted by atomic mass is 16.4. The van der Waals surface area contributed by atoms with Crippen LogP contribution in [-0.4, -0.2) is 16.2 Å². The number of hydrogen-bond donors (Lipinski definition) is 2. The van der Waals surface area contributed by atoms with Crippen molar-refractivity contribution in [2.24, 2.45) is 0 Å². The van der Waals surface area contributed by atoms with Crippen LogP contribution in [0.1, 0.15) is 43.4 Å². The van der Waals surface area contributed by atoms with E-state index >= 15 is 0 Å². The van der Waals surface area contributed by atoms with Crippen molar-refractivity contribution in [1.82, 2.24) is 0 Å². The summed E-state index contributed by atoms with van der Waals surface area (Å²) >= 11 is 0. The Hall–Kier alpha value is -1.35. The lowest BCUT2D eigenvalue weighted by atomic mass is 9.98. The first-order valence-electron chi connectivity index (χ1n) is 5.07. The third kappa shape index (κ3) is 2.80. The van der Waals surface area contributed by atoms with E-state index in [0.717, 1.165) is 11.1 Å². The maximum absolute atomic E-state index is 10.7. The Morgan fingerprint density at radius 2 is 1.73 bits per heavy atom. The van der Waals surface area contributed by atoms with Crippen molar-refractivity contribution in [3.8, 4) is 0 Å². The number of aliphatic hydroxyl groups excluding tert-OH is 1. The summed E-state index contributed by atoms with van der Waals surface area (Å²) in [7, 11) is 0. The second-order valence-corrected chi connectivity index (χ2v) is 3.65. The van der Waals surface area contributed by atoms with Gasteiger partial charge in [-0.2, -0.15) is 0 Å². The molecule has 82 valence electrons. The van der Waals surface area contributed by atoms with Gasteiger partial charge in [-0.15, -0.1) is 0 Å². The molecule has 0 aliphatic rings. The van der Waals surface area contributed by atoms with Crippen LogP contribution >= 0.6 is 0 Å². The molecule has 0 saturated heterocycles. The molecule has 2 N–H and O–H groups in total. The molecule has 0 aromatic heterocycles. The van der Waals surface area contributed by atoms with Crippen LogP contribution < -0.4 is 0 Å². The smallest absolute Gasteiger partial charge is 0.310 e. The zero-order chi connectivity index (χ0) is 11.4. The van der Waals surface area contributed by atoms with Gasteiger partial charge in [0.15, 0.2) is 0 Å². The molecule has 0 aliphatic carbocycles. The van der Waals surface area contributed by atoms with E-state index in [1.807, 2.05) is 6.92 Å². The molecule has 0 aliphatic heterocycles. The Labute approximate surface area is 89.4 Å². The largest absolute Gasteiger partial charge is 0.481 e. The fourth-order valence-corrected chi connectivity index (χ4v) is 1.39. The van der Waals surface area contributed by atoms with Gasteiger partial charge < -0.3 is 10.2 Å². The van der Waals surface area contributed by atoms with E-state index in [-0.39, 0.29) is 0 Å². The third-order valence-electron chi connectivity index (χ3n) is 2.58. The molecular weight excluding hydrogens is 192 g/mol. The average Bonchev–Trinajstić information content (AvgIpc) is 2.27. The highest BCUT2D eigenvalue weighted by Gasteiger charge is 2.13. The van der Waals surface area contributed by atoms with Gasteiger partial charge in [-0.3, -0.25) is 4.79 Å². The van der Waals surface area contributed by atoms with E-state index in [4.69, 9.17) is 5.11 Å². The third-order valence-corrected chi connectivity index (χ3v) is 2.58. The molecule has 0 bridgehead atoms. The summed E-state index contributed by atoms with van der Waals surface area (Å²) in [6, 6.07) is 7.08. The van der Waals surface area contributed by atoms with Gasteiger partial charge in [-0.05, 0) is 24.5 Å². The van der Waals surface area contributed by atoms with E-state index in [1.165, 1.54) is 0 Å². The molecule has 0 amide bonds. The van der Waals surface area contributed by atoms with Crippen molar-refractivity contribution in [1.29, 1.82) is 0 Å². The molecule has 0 saturated carbocycles. The van der Waals surface area contributed by atoms with Crippen molar-refractivity contribution in [2.75, 3.05) is 0 Å². The van der Waals surface area contributed by atoms with Crippen LogP contribution in [0.4, 0.5) is 0 Å². The second kappa shape index (κ2) is 4.94. The van der Waals surface area contributed by atoms with Crippen LogP contribution in [0.5, 0.6) is 0 Å². The normalized spacial score (nSPS) is 14.6. The van der Waals surface area contributed by atoms with Gasteiger partial charge in [0.1, 0.15) is 0 Å². The molecule has 15 heavy (non-hydrogen) atoms. The number of carboxylic acid groups (broad SMARTS) is 1. The van der Waals surface area contributed by atoms with E-state index in [9.17, 15) is 9.90 Å². The zero-order valence-corrected chi connectivity index (χ0v) is 8.97. The zero-order valence-electron chi connectivity index (χ0n) is 8.97. The number of hydrogen-bond acceptors (Lipinski definition) is 2. The molecule has 0 spiro atoms. The number of aliphatic carboxylic acids is 1. The van der Waals surface area contributed by atoms with Crippen LogP contribution in [0.3, 0.4) is 0 Å². The van der Waals surface area contributed by atoms with E-state index in [1.54, 1.807) is 31.2 Å². The first kappa shape index (κ1) is 11.7. The molecule has 0 heterocycles. The van der Waals surface area contributed by atoms with Crippen LogP contribution in [0.25, 0.3) is 0 Å². The summed E-state index contributed by atoms with van der Waals surface area (Å²) in [5, 5.41) is 18.4. The molecule has 3 nitrogen and oxygen atoms in total. The molecule has 3 heteroatoms. The summed E-state index contributed by atoms with van der Waals surface area (Å²) in [5.74, 6) is -1.34. The summed E-state index contributed by atoms with van der Waals surface area (Å²) in [6.45, 7) is 3.55. The summed E-state index contributed by atoms with van der Waals surface area (Å²) in [6.07, 6.45) is 0.201. The maximum Gasteiger partial charge on any atom is 0.310 e. The van der Waals surface area contributed by atoms with Gasteiger partial charge >= 0.3 is 5.97 Å². The fourth-order valence-electron chi connectivity index (χ4n) is 1.39. The lowest BCUT2D eigenvalue weighted by Crippen LogP contribution is -2.07. The Kier molecular flexibility index (Phi) is 3.86. The number of benzene rings is 1. The SMILES string of the molecule is CCC(O)c1ccc(C(C)C(=O)O)cc1. The second-order valence-electron chi connectivity index (χ2n) is 3.65. The lowest BCUT2D eigenvalue weighted by Gasteiger charge is -2.10. The number of aliphatic hydroxyl groups is 1. The minimum absolute atomic E-state index is 0.459. The molecule has 0 radical (unpaired) electrons.